The van der Waals surface area contributed by atoms with Gasteiger partial charge >= 0.3 is 0 Å². The van der Waals surface area contributed by atoms with Crippen LogP contribution in [0.15, 0.2) is 16.8 Å². The molecule has 2 fully saturated rings. The van der Waals surface area contributed by atoms with Crippen LogP contribution in [0, 0.1) is 5.92 Å². The molecule has 0 aromatic carbocycles. The van der Waals surface area contributed by atoms with Crippen molar-refractivity contribution in [1.82, 2.24) is 10.2 Å². The van der Waals surface area contributed by atoms with Crippen LogP contribution in [0.5, 0.6) is 0 Å². The van der Waals surface area contributed by atoms with E-state index in [4.69, 9.17) is 0 Å². The molecule has 1 saturated carbocycles. The molecule has 1 aromatic heterocycles. The second-order valence-corrected chi connectivity index (χ2v) is 5.93. The molecule has 1 aliphatic heterocycles. The summed E-state index contributed by atoms with van der Waals surface area (Å²) in [6.07, 6.45) is 4.23. The third kappa shape index (κ3) is 2.65. The highest BCUT2D eigenvalue weighted by Crippen LogP contribution is 2.29. The fraction of sp³-hybridized carbons (Fsp3) is 0.692. The summed E-state index contributed by atoms with van der Waals surface area (Å²) in [6.45, 7) is 4.97. The van der Waals surface area contributed by atoms with Gasteiger partial charge in [0.2, 0.25) is 0 Å². The van der Waals surface area contributed by atoms with E-state index in [0.717, 1.165) is 12.0 Å². The molecule has 1 saturated heterocycles. The molecule has 0 spiro atoms. The van der Waals surface area contributed by atoms with Crippen molar-refractivity contribution in [3.05, 3.63) is 22.4 Å². The molecule has 0 bridgehead atoms. The van der Waals surface area contributed by atoms with Crippen molar-refractivity contribution in [2.75, 3.05) is 19.6 Å². The number of hydrogen-bond donors (Lipinski definition) is 1. The summed E-state index contributed by atoms with van der Waals surface area (Å²) in [6, 6.07) is 3.17. The lowest BCUT2D eigenvalue weighted by Gasteiger charge is -2.30. The second-order valence-electron chi connectivity index (χ2n) is 5.15. The summed E-state index contributed by atoms with van der Waals surface area (Å²) in [7, 11) is 0. The van der Waals surface area contributed by atoms with E-state index in [9.17, 15) is 0 Å². The van der Waals surface area contributed by atoms with Crippen LogP contribution in [-0.2, 0) is 6.54 Å². The van der Waals surface area contributed by atoms with Crippen molar-refractivity contribution in [1.29, 1.82) is 0 Å². The van der Waals surface area contributed by atoms with E-state index >= 15 is 0 Å². The van der Waals surface area contributed by atoms with Crippen molar-refractivity contribution in [2.45, 2.75) is 31.8 Å². The molecule has 0 atom stereocenters. The number of thiophene rings is 1. The van der Waals surface area contributed by atoms with Crippen LogP contribution in [0.3, 0.4) is 0 Å². The van der Waals surface area contributed by atoms with Gasteiger partial charge in [-0.1, -0.05) is 0 Å². The van der Waals surface area contributed by atoms with Gasteiger partial charge in [0.25, 0.3) is 0 Å². The molecule has 3 heteroatoms. The number of hydrogen-bond acceptors (Lipinski definition) is 3. The Morgan fingerprint density at radius 2 is 2.25 bits per heavy atom. The monoisotopic (exact) mass is 236 g/mol. The summed E-state index contributed by atoms with van der Waals surface area (Å²) in [5.74, 6) is 0.948. The van der Waals surface area contributed by atoms with E-state index in [1.807, 2.05) is 11.3 Å². The second kappa shape index (κ2) is 4.86. The Hall–Kier alpha value is -0.380. The van der Waals surface area contributed by atoms with Crippen molar-refractivity contribution in [3.8, 4) is 0 Å². The van der Waals surface area contributed by atoms with Gasteiger partial charge in [0.15, 0.2) is 0 Å². The highest BCUT2D eigenvalue weighted by atomic mass is 32.1. The van der Waals surface area contributed by atoms with Crippen molar-refractivity contribution in [3.63, 3.8) is 0 Å². The third-order valence-electron chi connectivity index (χ3n) is 3.72. The first-order chi connectivity index (χ1) is 7.92. The predicted octanol–water partition coefficient (Wildman–Crippen LogP) is 2.32. The number of rotatable bonds is 6. The van der Waals surface area contributed by atoms with E-state index < -0.39 is 0 Å². The third-order valence-corrected chi connectivity index (χ3v) is 4.45. The van der Waals surface area contributed by atoms with Gasteiger partial charge in [-0.15, -0.1) is 0 Å². The lowest BCUT2D eigenvalue weighted by molar-refractivity contribution is 0.212. The Balaban J connectivity index is 1.50. The van der Waals surface area contributed by atoms with E-state index in [1.165, 1.54) is 51.0 Å². The fourth-order valence-electron chi connectivity index (χ4n) is 2.35. The zero-order valence-electron chi connectivity index (χ0n) is 9.69. The fourth-order valence-corrected chi connectivity index (χ4v) is 3.01. The first-order valence-corrected chi connectivity index (χ1v) is 7.32. The first kappa shape index (κ1) is 10.8. The summed E-state index contributed by atoms with van der Waals surface area (Å²) in [5.41, 5.74) is 1.50. The molecule has 1 aliphatic carbocycles. The van der Waals surface area contributed by atoms with Gasteiger partial charge in [-0.05, 0) is 67.2 Å². The Morgan fingerprint density at radius 1 is 1.38 bits per heavy atom. The minimum Gasteiger partial charge on any atom is -0.316 e. The lowest BCUT2D eigenvalue weighted by Crippen LogP contribution is -2.43. The average Bonchev–Trinajstić information content (AvgIpc) is 2.94. The van der Waals surface area contributed by atoms with E-state index in [0.29, 0.717) is 0 Å². The van der Waals surface area contributed by atoms with E-state index in [1.54, 1.807) is 0 Å². The molecule has 3 rings (SSSR count). The molecule has 2 aliphatic rings. The van der Waals surface area contributed by atoms with Gasteiger partial charge in [-0.25, -0.2) is 0 Å². The summed E-state index contributed by atoms with van der Waals surface area (Å²) < 4.78 is 0. The average molecular weight is 236 g/mol. The van der Waals surface area contributed by atoms with Gasteiger partial charge in [-0.3, -0.25) is 4.90 Å². The molecular weight excluding hydrogens is 216 g/mol. The molecule has 2 heterocycles. The normalized spacial score (nSPS) is 21.3. The van der Waals surface area contributed by atoms with Crippen LogP contribution < -0.4 is 5.32 Å². The van der Waals surface area contributed by atoms with Crippen LogP contribution in [0.2, 0.25) is 0 Å². The van der Waals surface area contributed by atoms with Crippen LogP contribution in [0.4, 0.5) is 0 Å². The Morgan fingerprint density at radius 3 is 2.81 bits per heavy atom. The minimum absolute atomic E-state index is 0.896. The SMILES string of the molecule is c1cc(CN(CCC2CNC2)C2CC2)cs1. The minimum atomic E-state index is 0.896. The predicted molar refractivity (Wildman–Crippen MR) is 68.7 cm³/mol. The quantitative estimate of drug-likeness (QED) is 0.815. The summed E-state index contributed by atoms with van der Waals surface area (Å²) in [5, 5.41) is 7.84. The van der Waals surface area contributed by atoms with Gasteiger partial charge in [0.1, 0.15) is 0 Å². The zero-order valence-corrected chi connectivity index (χ0v) is 10.5. The topological polar surface area (TPSA) is 15.3 Å². The van der Waals surface area contributed by atoms with Crippen LogP contribution in [0.1, 0.15) is 24.8 Å². The van der Waals surface area contributed by atoms with Gasteiger partial charge in [0, 0.05) is 12.6 Å². The van der Waals surface area contributed by atoms with Gasteiger partial charge in [-0.2, -0.15) is 11.3 Å². The van der Waals surface area contributed by atoms with Crippen molar-refractivity contribution < 1.29 is 0 Å². The zero-order chi connectivity index (χ0) is 10.8. The molecule has 1 N–H and O–H groups in total. The first-order valence-electron chi connectivity index (χ1n) is 6.37. The maximum absolute atomic E-state index is 3.36. The highest BCUT2D eigenvalue weighted by Gasteiger charge is 2.29. The lowest BCUT2D eigenvalue weighted by atomic mass is 9.99. The van der Waals surface area contributed by atoms with Crippen molar-refractivity contribution >= 4 is 11.3 Å². The molecular formula is C13H20N2S. The molecule has 88 valence electrons. The largest absolute Gasteiger partial charge is 0.316 e. The maximum Gasteiger partial charge on any atom is 0.0244 e. The number of nitrogens with zero attached hydrogens (tertiary/aromatic N) is 1. The molecule has 0 radical (unpaired) electrons. The molecule has 0 amide bonds. The molecule has 0 unspecified atom stereocenters. The molecule has 2 nitrogen and oxygen atoms in total. The van der Waals surface area contributed by atoms with E-state index in [-0.39, 0.29) is 0 Å². The smallest absolute Gasteiger partial charge is 0.0244 e. The Labute approximate surface area is 102 Å². The Bertz CT molecular complexity index is 315. The summed E-state index contributed by atoms with van der Waals surface area (Å²) >= 11 is 1.82. The molecule has 1 aromatic rings. The van der Waals surface area contributed by atoms with Gasteiger partial charge in [0.05, 0.1) is 0 Å². The highest BCUT2D eigenvalue weighted by molar-refractivity contribution is 7.07. The van der Waals surface area contributed by atoms with E-state index in [2.05, 4.69) is 27.0 Å². The van der Waals surface area contributed by atoms with Crippen LogP contribution in [-0.4, -0.2) is 30.6 Å². The Kier molecular flexibility index (Phi) is 3.27. The van der Waals surface area contributed by atoms with Gasteiger partial charge < -0.3 is 5.32 Å². The maximum atomic E-state index is 3.36. The molecule has 16 heavy (non-hydrogen) atoms. The summed E-state index contributed by atoms with van der Waals surface area (Å²) in [4.78, 5) is 2.69. The van der Waals surface area contributed by atoms with Crippen LogP contribution in [0.25, 0.3) is 0 Å². The van der Waals surface area contributed by atoms with Crippen LogP contribution >= 0.6 is 11.3 Å². The number of nitrogens with one attached hydrogen (secondary N) is 1. The van der Waals surface area contributed by atoms with Crippen molar-refractivity contribution in [2.24, 2.45) is 5.92 Å². The standard InChI is InChI=1S/C13H20N2S/c1-2-13(1)15(5-3-11-7-14-8-11)9-12-4-6-16-10-12/h4,6,10-11,13-14H,1-3,5,7-9H2.